The minimum Gasteiger partial charge on any atom is -0.469 e. The third-order valence-corrected chi connectivity index (χ3v) is 4.77. The lowest BCUT2D eigenvalue weighted by Gasteiger charge is -2.07. The Morgan fingerprint density at radius 1 is 1.04 bits per heavy atom. The first-order valence-electron chi connectivity index (χ1n) is 9.26. The lowest BCUT2D eigenvalue weighted by atomic mass is 9.99. The molecule has 1 aromatic heterocycles. The maximum Gasteiger partial charge on any atom is 0.305 e. The fourth-order valence-electron chi connectivity index (χ4n) is 3.42. The van der Waals surface area contributed by atoms with Crippen LogP contribution in [-0.4, -0.2) is 23.4 Å². The van der Waals surface area contributed by atoms with E-state index in [0.717, 1.165) is 29.6 Å². The molecule has 136 valence electrons. The highest BCUT2D eigenvalue weighted by Crippen LogP contribution is 2.28. The highest BCUT2D eigenvalue weighted by atomic mass is 16.5. The minimum absolute atomic E-state index is 0.119. The van der Waals surface area contributed by atoms with Crippen molar-refractivity contribution in [2.45, 2.75) is 58.3 Å². The molecule has 0 unspecified atom stereocenters. The molecule has 4 nitrogen and oxygen atoms in total. The summed E-state index contributed by atoms with van der Waals surface area (Å²) >= 11 is 0. The Labute approximate surface area is 150 Å². The van der Waals surface area contributed by atoms with E-state index in [0.29, 0.717) is 12.8 Å². The molecule has 2 rings (SSSR count). The molecule has 0 aliphatic heterocycles. The van der Waals surface area contributed by atoms with Gasteiger partial charge in [0, 0.05) is 30.8 Å². The number of hydrogen-bond acceptors (Lipinski definition) is 3. The number of carbonyl (C=O) groups excluding carboxylic acids is 2. The quantitative estimate of drug-likeness (QED) is 0.353. The van der Waals surface area contributed by atoms with Gasteiger partial charge in [-0.2, -0.15) is 0 Å². The van der Waals surface area contributed by atoms with Gasteiger partial charge in [0.1, 0.15) is 0 Å². The monoisotopic (exact) mass is 343 g/mol. The van der Waals surface area contributed by atoms with Gasteiger partial charge in [0.2, 0.25) is 0 Å². The summed E-state index contributed by atoms with van der Waals surface area (Å²) in [6, 6.07) is 8.21. The number of unbranched alkanes of at least 4 members (excludes halogenated alkanes) is 3. The third kappa shape index (κ3) is 4.71. The van der Waals surface area contributed by atoms with Crippen LogP contribution >= 0.6 is 0 Å². The number of methoxy groups -OCH3 is 1. The number of Topliss-reactive ketones (excluding diaryl/α,β-unsaturated/α-hetero) is 1. The summed E-state index contributed by atoms with van der Waals surface area (Å²) in [7, 11) is 3.34. The Hall–Kier alpha value is -2.10. The molecule has 0 atom stereocenters. The number of carbonyl (C=O) groups is 2. The number of hydrogen-bond donors (Lipinski definition) is 0. The van der Waals surface area contributed by atoms with Crippen molar-refractivity contribution in [2.24, 2.45) is 7.05 Å². The first kappa shape index (κ1) is 19.2. The molecule has 4 heteroatoms. The molecule has 0 N–H and O–H groups in total. The van der Waals surface area contributed by atoms with Crippen molar-refractivity contribution in [1.82, 2.24) is 4.57 Å². The Kier molecular flexibility index (Phi) is 7.23. The Morgan fingerprint density at radius 2 is 1.80 bits per heavy atom. The van der Waals surface area contributed by atoms with Crippen LogP contribution < -0.4 is 0 Å². The van der Waals surface area contributed by atoms with Gasteiger partial charge in [0.15, 0.2) is 5.78 Å². The van der Waals surface area contributed by atoms with Crippen LogP contribution in [0.3, 0.4) is 0 Å². The molecule has 0 saturated carbocycles. The number of ketones is 1. The molecule has 25 heavy (non-hydrogen) atoms. The lowest BCUT2D eigenvalue weighted by Crippen LogP contribution is -2.10. The molecule has 0 aliphatic rings. The zero-order chi connectivity index (χ0) is 18.2. The minimum atomic E-state index is -0.260. The predicted octanol–water partition coefficient (Wildman–Crippen LogP) is 4.83. The van der Waals surface area contributed by atoms with E-state index in [-0.39, 0.29) is 18.2 Å². The number of aryl methyl sites for hydroxylation is 2. The number of benzene rings is 1. The van der Waals surface area contributed by atoms with Gasteiger partial charge in [0.25, 0.3) is 0 Å². The number of para-hydroxylation sites is 1. The fourth-order valence-corrected chi connectivity index (χ4v) is 3.42. The van der Waals surface area contributed by atoms with Crippen molar-refractivity contribution < 1.29 is 14.3 Å². The van der Waals surface area contributed by atoms with E-state index in [4.69, 9.17) is 0 Å². The predicted molar refractivity (Wildman–Crippen MR) is 101 cm³/mol. The SMILES string of the molecule is CCCCCCc1c(C(=O)CCCC(=O)OC)n(C)c2ccccc12. The van der Waals surface area contributed by atoms with E-state index in [9.17, 15) is 9.59 Å². The molecular formula is C21H29NO3. The van der Waals surface area contributed by atoms with Crippen LogP contribution in [0.1, 0.15) is 67.9 Å². The van der Waals surface area contributed by atoms with Gasteiger partial charge >= 0.3 is 5.97 Å². The highest BCUT2D eigenvalue weighted by molar-refractivity contribution is 6.03. The molecule has 0 radical (unpaired) electrons. The van der Waals surface area contributed by atoms with Gasteiger partial charge in [0.05, 0.1) is 12.8 Å². The summed E-state index contributed by atoms with van der Waals surface area (Å²) in [5.74, 6) is -0.141. The average molecular weight is 343 g/mol. The summed E-state index contributed by atoms with van der Waals surface area (Å²) in [5, 5.41) is 1.18. The molecule has 0 saturated heterocycles. The zero-order valence-corrected chi connectivity index (χ0v) is 15.6. The van der Waals surface area contributed by atoms with Crippen molar-refractivity contribution >= 4 is 22.7 Å². The molecule has 0 amide bonds. The maximum atomic E-state index is 12.8. The largest absolute Gasteiger partial charge is 0.469 e. The van der Waals surface area contributed by atoms with E-state index in [1.165, 1.54) is 31.8 Å². The van der Waals surface area contributed by atoms with Crippen molar-refractivity contribution in [3.05, 3.63) is 35.5 Å². The fraction of sp³-hybridized carbons (Fsp3) is 0.524. The van der Waals surface area contributed by atoms with Crippen molar-refractivity contribution in [3.63, 3.8) is 0 Å². The van der Waals surface area contributed by atoms with E-state index in [2.05, 4.69) is 23.8 Å². The maximum absolute atomic E-state index is 12.8. The number of ether oxygens (including phenoxy) is 1. The van der Waals surface area contributed by atoms with Crippen molar-refractivity contribution in [2.75, 3.05) is 7.11 Å². The topological polar surface area (TPSA) is 48.3 Å². The molecule has 1 aromatic carbocycles. The normalized spacial score (nSPS) is 11.0. The van der Waals surface area contributed by atoms with Crippen LogP contribution in [0.25, 0.3) is 10.9 Å². The van der Waals surface area contributed by atoms with Crippen LogP contribution in [0.2, 0.25) is 0 Å². The molecule has 0 spiro atoms. The summed E-state index contributed by atoms with van der Waals surface area (Å²) in [6.07, 6.45) is 6.85. The van der Waals surface area contributed by atoms with Gasteiger partial charge in [-0.1, -0.05) is 44.4 Å². The van der Waals surface area contributed by atoms with E-state index < -0.39 is 0 Å². The Morgan fingerprint density at radius 3 is 2.52 bits per heavy atom. The lowest BCUT2D eigenvalue weighted by molar-refractivity contribution is -0.140. The third-order valence-electron chi connectivity index (χ3n) is 4.77. The highest BCUT2D eigenvalue weighted by Gasteiger charge is 2.20. The second-order valence-corrected chi connectivity index (χ2v) is 6.57. The second-order valence-electron chi connectivity index (χ2n) is 6.57. The van der Waals surface area contributed by atoms with E-state index in [1.807, 2.05) is 23.7 Å². The Bertz CT molecular complexity index is 730. The number of aromatic nitrogens is 1. The Balaban J connectivity index is 2.22. The summed E-state index contributed by atoms with van der Waals surface area (Å²) < 4.78 is 6.67. The van der Waals surface area contributed by atoms with Crippen molar-refractivity contribution in [3.8, 4) is 0 Å². The van der Waals surface area contributed by atoms with E-state index >= 15 is 0 Å². The van der Waals surface area contributed by atoms with Gasteiger partial charge in [-0.15, -0.1) is 0 Å². The average Bonchev–Trinajstić information content (AvgIpc) is 2.91. The van der Waals surface area contributed by atoms with Gasteiger partial charge in [-0.25, -0.2) is 0 Å². The second kappa shape index (κ2) is 9.40. The molecule has 0 aliphatic carbocycles. The number of nitrogens with zero attached hydrogens (tertiary/aromatic N) is 1. The first-order valence-corrected chi connectivity index (χ1v) is 9.26. The molecule has 2 aromatic rings. The zero-order valence-electron chi connectivity index (χ0n) is 15.6. The van der Waals surface area contributed by atoms with Crippen LogP contribution in [0, 0.1) is 0 Å². The van der Waals surface area contributed by atoms with Crippen LogP contribution in [0.5, 0.6) is 0 Å². The summed E-state index contributed by atoms with van der Waals surface area (Å²) in [4.78, 5) is 24.1. The summed E-state index contributed by atoms with van der Waals surface area (Å²) in [5.41, 5.74) is 3.07. The number of fused-ring (bicyclic) bond motifs is 1. The molecule has 0 bridgehead atoms. The molecule has 0 fully saturated rings. The van der Waals surface area contributed by atoms with Crippen LogP contribution in [0.4, 0.5) is 0 Å². The van der Waals surface area contributed by atoms with Gasteiger partial charge < -0.3 is 9.30 Å². The van der Waals surface area contributed by atoms with Gasteiger partial charge in [-0.3, -0.25) is 9.59 Å². The van der Waals surface area contributed by atoms with Crippen LogP contribution in [0.15, 0.2) is 24.3 Å². The number of rotatable bonds is 10. The van der Waals surface area contributed by atoms with E-state index in [1.54, 1.807) is 0 Å². The van der Waals surface area contributed by atoms with Gasteiger partial charge in [-0.05, 0) is 30.9 Å². The first-order chi connectivity index (χ1) is 12.1. The molecule has 1 heterocycles. The summed E-state index contributed by atoms with van der Waals surface area (Å²) in [6.45, 7) is 2.20. The number of esters is 1. The standard InChI is InChI=1S/C21H29NO3/c1-4-5-6-7-12-17-16-11-8-9-13-18(16)22(2)21(17)19(23)14-10-15-20(24)25-3/h8-9,11,13H,4-7,10,12,14-15H2,1-3H3. The van der Waals surface area contributed by atoms with Crippen LogP contribution in [-0.2, 0) is 23.0 Å². The van der Waals surface area contributed by atoms with Crippen molar-refractivity contribution in [1.29, 1.82) is 0 Å². The molecular weight excluding hydrogens is 314 g/mol. The smallest absolute Gasteiger partial charge is 0.305 e.